The van der Waals surface area contributed by atoms with E-state index in [2.05, 4.69) is 0 Å². The van der Waals surface area contributed by atoms with Gasteiger partial charge in [-0.3, -0.25) is 0 Å². The zero-order chi connectivity index (χ0) is 20.5. The molecule has 2 aromatic carbocycles. The van der Waals surface area contributed by atoms with E-state index in [4.69, 9.17) is 4.74 Å². The average Bonchev–Trinajstić information content (AvgIpc) is 2.60. The van der Waals surface area contributed by atoms with E-state index in [1.54, 1.807) is 36.4 Å². The molecule has 1 nitrogen and oxygen atoms in total. The van der Waals surface area contributed by atoms with E-state index < -0.39 is 30.0 Å². The summed E-state index contributed by atoms with van der Waals surface area (Å²) in [6, 6.07) is 14.5. The molecular formula is C19H17F7O. The lowest BCUT2D eigenvalue weighted by atomic mass is 9.82. The first-order chi connectivity index (χ1) is 12.3. The van der Waals surface area contributed by atoms with Crippen LogP contribution in [-0.2, 0) is 10.3 Å². The molecule has 27 heavy (non-hydrogen) atoms. The lowest BCUT2D eigenvalue weighted by Crippen LogP contribution is -2.56. The summed E-state index contributed by atoms with van der Waals surface area (Å²) in [5, 5.41) is 0. The van der Waals surface area contributed by atoms with Crippen molar-refractivity contribution in [3.63, 3.8) is 0 Å². The van der Waals surface area contributed by atoms with Crippen molar-refractivity contribution in [2.24, 2.45) is 0 Å². The largest absolute Gasteiger partial charge is 0.431 e. The quantitative estimate of drug-likeness (QED) is 0.531. The maximum absolute atomic E-state index is 14.3. The Kier molecular flexibility index (Phi) is 5.61. The molecule has 0 fully saturated rings. The predicted octanol–water partition coefficient (Wildman–Crippen LogP) is 6.44. The summed E-state index contributed by atoms with van der Waals surface area (Å²) in [5.41, 5.74) is -6.31. The van der Waals surface area contributed by atoms with Gasteiger partial charge in [-0.1, -0.05) is 48.5 Å². The van der Waals surface area contributed by atoms with Crippen LogP contribution in [0.2, 0.25) is 0 Å². The lowest BCUT2D eigenvalue weighted by Gasteiger charge is -2.38. The van der Waals surface area contributed by atoms with Gasteiger partial charge in [-0.25, -0.2) is 4.39 Å². The average molecular weight is 394 g/mol. The molecule has 0 saturated heterocycles. The number of methoxy groups -OCH3 is 1. The normalized spacial score (nSPS) is 15.4. The van der Waals surface area contributed by atoms with Gasteiger partial charge in [0.25, 0.3) is 0 Å². The molecule has 0 aromatic heterocycles. The Morgan fingerprint density at radius 2 is 1.26 bits per heavy atom. The number of rotatable bonds is 5. The molecule has 0 radical (unpaired) electrons. The number of ether oxygens (including phenoxy) is 1. The summed E-state index contributed by atoms with van der Waals surface area (Å²) in [6.45, 7) is 1.00. The van der Waals surface area contributed by atoms with Crippen LogP contribution in [0.4, 0.5) is 30.7 Å². The topological polar surface area (TPSA) is 9.23 Å². The highest BCUT2D eigenvalue weighted by Crippen LogP contribution is 2.52. The Balaban J connectivity index is 2.51. The highest BCUT2D eigenvalue weighted by Gasteiger charge is 2.74. The maximum atomic E-state index is 14.3. The fraction of sp³-hybridized carbons (Fsp3) is 0.368. The molecule has 0 N–H and O–H groups in total. The van der Waals surface area contributed by atoms with Crippen molar-refractivity contribution < 1.29 is 35.5 Å². The van der Waals surface area contributed by atoms with Gasteiger partial charge >= 0.3 is 18.0 Å². The van der Waals surface area contributed by atoms with Crippen molar-refractivity contribution in [1.29, 1.82) is 0 Å². The van der Waals surface area contributed by atoms with Crippen LogP contribution < -0.4 is 0 Å². The van der Waals surface area contributed by atoms with E-state index >= 15 is 0 Å². The Morgan fingerprint density at radius 1 is 0.741 bits per heavy atom. The first-order valence-electron chi connectivity index (χ1n) is 7.87. The van der Waals surface area contributed by atoms with Crippen LogP contribution in [0.3, 0.4) is 0 Å². The second-order valence-corrected chi connectivity index (χ2v) is 6.36. The SMILES string of the molecule is COC(C)(CC(F)(C(F)(F)F)C(F)(F)F)c1cccc(-c2ccccc2)c1. The highest BCUT2D eigenvalue weighted by molar-refractivity contribution is 5.64. The fourth-order valence-electron chi connectivity index (χ4n) is 2.78. The van der Waals surface area contributed by atoms with Crippen molar-refractivity contribution in [2.45, 2.75) is 37.0 Å². The monoisotopic (exact) mass is 394 g/mol. The standard InChI is InChI=1S/C19H17F7O/c1-16(27-2,12-17(20,18(21,22)23)19(24,25)26)15-10-6-9-14(11-15)13-7-4-3-5-8-13/h3-11H,12H2,1-2H3. The molecule has 2 rings (SSSR count). The van der Waals surface area contributed by atoms with Crippen LogP contribution in [0, 0.1) is 0 Å². The molecule has 0 bridgehead atoms. The van der Waals surface area contributed by atoms with Crippen molar-refractivity contribution in [3.05, 3.63) is 60.2 Å². The van der Waals surface area contributed by atoms with Gasteiger partial charge in [0.15, 0.2) is 0 Å². The number of halogens is 7. The number of hydrogen-bond donors (Lipinski definition) is 0. The van der Waals surface area contributed by atoms with Crippen LogP contribution in [0.15, 0.2) is 54.6 Å². The van der Waals surface area contributed by atoms with Gasteiger partial charge in [-0.2, -0.15) is 26.3 Å². The molecular weight excluding hydrogens is 377 g/mol. The first-order valence-corrected chi connectivity index (χ1v) is 7.87. The van der Waals surface area contributed by atoms with Crippen LogP contribution in [0.5, 0.6) is 0 Å². The first kappa shape index (κ1) is 21.2. The maximum Gasteiger partial charge on any atom is 0.431 e. The molecule has 0 aliphatic heterocycles. The Labute approximate surface area is 151 Å². The molecule has 0 amide bonds. The van der Waals surface area contributed by atoms with Gasteiger partial charge in [0.05, 0.1) is 5.60 Å². The summed E-state index contributed by atoms with van der Waals surface area (Å²) in [5.74, 6) is 0. The van der Waals surface area contributed by atoms with Crippen molar-refractivity contribution >= 4 is 0 Å². The van der Waals surface area contributed by atoms with E-state index in [1.807, 2.05) is 0 Å². The van der Waals surface area contributed by atoms with Crippen LogP contribution in [0.1, 0.15) is 18.9 Å². The molecule has 148 valence electrons. The summed E-state index contributed by atoms with van der Waals surface area (Å²) in [4.78, 5) is 0. The highest BCUT2D eigenvalue weighted by atomic mass is 19.4. The smallest absolute Gasteiger partial charge is 0.374 e. The van der Waals surface area contributed by atoms with Crippen LogP contribution in [0.25, 0.3) is 11.1 Å². The molecule has 0 spiro atoms. The molecule has 1 atom stereocenters. The van der Waals surface area contributed by atoms with Crippen LogP contribution in [-0.4, -0.2) is 25.1 Å². The van der Waals surface area contributed by atoms with Gasteiger partial charge in [-0.15, -0.1) is 0 Å². The van der Waals surface area contributed by atoms with E-state index in [1.165, 1.54) is 18.2 Å². The van der Waals surface area contributed by atoms with Gasteiger partial charge in [-0.05, 0) is 29.7 Å². The van der Waals surface area contributed by atoms with E-state index in [0.717, 1.165) is 14.0 Å². The fourth-order valence-corrected chi connectivity index (χ4v) is 2.78. The molecule has 2 aromatic rings. The Bertz CT molecular complexity index is 754. The van der Waals surface area contributed by atoms with Crippen molar-refractivity contribution in [2.75, 3.05) is 7.11 Å². The number of alkyl halides is 7. The Hall–Kier alpha value is -2.09. The summed E-state index contributed by atoms with van der Waals surface area (Å²) < 4.78 is 97.1. The number of benzene rings is 2. The molecule has 0 heterocycles. The zero-order valence-corrected chi connectivity index (χ0v) is 14.5. The third-order valence-electron chi connectivity index (χ3n) is 4.51. The van der Waals surface area contributed by atoms with E-state index in [-0.39, 0.29) is 5.56 Å². The predicted molar refractivity (Wildman–Crippen MR) is 86.8 cm³/mol. The second kappa shape index (κ2) is 7.14. The zero-order valence-electron chi connectivity index (χ0n) is 14.5. The minimum Gasteiger partial charge on any atom is -0.374 e. The number of hydrogen-bond acceptors (Lipinski definition) is 1. The van der Waals surface area contributed by atoms with Gasteiger partial charge in [0.1, 0.15) is 0 Å². The molecule has 0 saturated carbocycles. The summed E-state index contributed by atoms with van der Waals surface area (Å²) in [7, 11) is 0.947. The van der Waals surface area contributed by atoms with Crippen molar-refractivity contribution in [1.82, 2.24) is 0 Å². The van der Waals surface area contributed by atoms with Gasteiger partial charge in [0.2, 0.25) is 0 Å². The van der Waals surface area contributed by atoms with E-state index in [0.29, 0.717) is 11.1 Å². The molecule has 8 heteroatoms. The molecule has 1 unspecified atom stereocenters. The molecule has 0 aliphatic carbocycles. The lowest BCUT2D eigenvalue weighted by molar-refractivity contribution is -0.353. The van der Waals surface area contributed by atoms with Gasteiger partial charge in [0, 0.05) is 13.5 Å². The third kappa shape index (κ3) is 4.10. The third-order valence-corrected chi connectivity index (χ3v) is 4.51. The van der Waals surface area contributed by atoms with E-state index in [9.17, 15) is 30.7 Å². The Morgan fingerprint density at radius 3 is 1.74 bits per heavy atom. The summed E-state index contributed by atoms with van der Waals surface area (Å²) >= 11 is 0. The minimum atomic E-state index is -6.14. The van der Waals surface area contributed by atoms with Crippen molar-refractivity contribution in [3.8, 4) is 11.1 Å². The van der Waals surface area contributed by atoms with Gasteiger partial charge < -0.3 is 4.74 Å². The van der Waals surface area contributed by atoms with Crippen LogP contribution >= 0.6 is 0 Å². The minimum absolute atomic E-state index is 0.00174. The molecule has 0 aliphatic rings. The summed E-state index contributed by atoms with van der Waals surface area (Å²) in [6.07, 6.45) is -14.2. The second-order valence-electron chi connectivity index (χ2n) is 6.36.